The van der Waals surface area contributed by atoms with E-state index in [1.807, 2.05) is 0 Å². The highest BCUT2D eigenvalue weighted by Gasteiger charge is 2.31. The third kappa shape index (κ3) is 1.63. The van der Waals surface area contributed by atoms with Crippen LogP contribution >= 0.6 is 0 Å². The van der Waals surface area contributed by atoms with E-state index in [0.717, 1.165) is 5.92 Å². The summed E-state index contributed by atoms with van der Waals surface area (Å²) in [6.07, 6.45) is 12.7. The highest BCUT2D eigenvalue weighted by molar-refractivity contribution is 5.37. The summed E-state index contributed by atoms with van der Waals surface area (Å²) in [5.41, 5.74) is 1.95. The predicted octanol–water partition coefficient (Wildman–Crippen LogP) is 3.72. The normalized spacial score (nSPS) is 31.8. The van der Waals surface area contributed by atoms with Crippen molar-refractivity contribution >= 4 is 0 Å². The molecule has 0 aromatic heterocycles. The monoisotopic (exact) mass is 174 g/mol. The largest absolute Gasteiger partial charge is 0.0770 e. The van der Waals surface area contributed by atoms with Gasteiger partial charge in [-0.2, -0.15) is 0 Å². The summed E-state index contributed by atoms with van der Waals surface area (Å²) in [7, 11) is 0. The summed E-state index contributed by atoms with van der Waals surface area (Å²) < 4.78 is 0. The number of allylic oxidation sites excluding steroid dienone is 6. The third-order valence-electron chi connectivity index (χ3n) is 3.19. The molecule has 0 saturated carbocycles. The molecule has 2 unspecified atom stereocenters. The predicted molar refractivity (Wildman–Crippen MR) is 57.4 cm³/mol. The lowest BCUT2D eigenvalue weighted by Crippen LogP contribution is -2.17. The van der Waals surface area contributed by atoms with E-state index in [4.69, 9.17) is 0 Å². The maximum atomic E-state index is 2.46. The Kier molecular flexibility index (Phi) is 1.94. The zero-order valence-electron chi connectivity index (χ0n) is 8.75. The maximum Gasteiger partial charge on any atom is 0.00238 e. The molecule has 0 bridgehead atoms. The van der Waals surface area contributed by atoms with Crippen LogP contribution in [0.5, 0.6) is 0 Å². The van der Waals surface area contributed by atoms with E-state index in [0.29, 0.717) is 11.3 Å². The lowest BCUT2D eigenvalue weighted by atomic mass is 9.79. The lowest BCUT2D eigenvalue weighted by Gasteiger charge is -2.25. The molecule has 0 aromatic carbocycles. The van der Waals surface area contributed by atoms with Gasteiger partial charge in [-0.3, -0.25) is 0 Å². The van der Waals surface area contributed by atoms with E-state index in [9.17, 15) is 0 Å². The standard InChI is InChI=1S/C13H18/c1-13(2,3)12-8-10-6-4-5-7-11(10)9-12/h4-8,11-12H,9H2,1-3H3. The molecular formula is C13H18. The fraction of sp³-hybridized carbons (Fsp3) is 0.538. The number of fused-ring (bicyclic) bond motifs is 1. The van der Waals surface area contributed by atoms with Gasteiger partial charge >= 0.3 is 0 Å². The second-order valence-corrected chi connectivity index (χ2v) is 5.23. The van der Waals surface area contributed by atoms with Crippen LogP contribution in [0.25, 0.3) is 0 Å². The van der Waals surface area contributed by atoms with Gasteiger partial charge in [0.05, 0.1) is 0 Å². The van der Waals surface area contributed by atoms with E-state index >= 15 is 0 Å². The average molecular weight is 174 g/mol. The van der Waals surface area contributed by atoms with Crippen LogP contribution in [0.3, 0.4) is 0 Å². The van der Waals surface area contributed by atoms with Gasteiger partial charge in [-0.25, -0.2) is 0 Å². The van der Waals surface area contributed by atoms with Crippen molar-refractivity contribution in [1.82, 2.24) is 0 Å². The molecule has 2 rings (SSSR count). The van der Waals surface area contributed by atoms with Crippen LogP contribution in [-0.4, -0.2) is 0 Å². The zero-order chi connectivity index (χ0) is 9.47. The van der Waals surface area contributed by atoms with Crippen LogP contribution in [0, 0.1) is 17.3 Å². The highest BCUT2D eigenvalue weighted by atomic mass is 14.4. The molecular weight excluding hydrogens is 156 g/mol. The van der Waals surface area contributed by atoms with Crippen molar-refractivity contribution in [3.05, 3.63) is 36.0 Å². The van der Waals surface area contributed by atoms with Gasteiger partial charge in [-0.15, -0.1) is 0 Å². The van der Waals surface area contributed by atoms with Gasteiger partial charge in [-0.1, -0.05) is 51.2 Å². The molecule has 2 aliphatic carbocycles. The van der Waals surface area contributed by atoms with Gasteiger partial charge in [0.15, 0.2) is 0 Å². The van der Waals surface area contributed by atoms with Crippen molar-refractivity contribution < 1.29 is 0 Å². The molecule has 0 fully saturated rings. The van der Waals surface area contributed by atoms with Gasteiger partial charge in [0.1, 0.15) is 0 Å². The number of hydrogen-bond donors (Lipinski definition) is 0. The summed E-state index contributed by atoms with van der Waals surface area (Å²) in [5.74, 6) is 1.45. The summed E-state index contributed by atoms with van der Waals surface area (Å²) >= 11 is 0. The van der Waals surface area contributed by atoms with Crippen LogP contribution in [0.2, 0.25) is 0 Å². The van der Waals surface area contributed by atoms with Crippen molar-refractivity contribution in [2.45, 2.75) is 27.2 Å². The first-order valence-corrected chi connectivity index (χ1v) is 5.14. The van der Waals surface area contributed by atoms with Crippen molar-refractivity contribution in [1.29, 1.82) is 0 Å². The molecule has 0 aromatic rings. The Labute approximate surface area is 81.0 Å². The minimum Gasteiger partial charge on any atom is -0.0770 e. The Morgan fingerprint density at radius 3 is 2.62 bits per heavy atom. The number of hydrogen-bond acceptors (Lipinski definition) is 0. The first-order valence-electron chi connectivity index (χ1n) is 5.14. The fourth-order valence-corrected chi connectivity index (χ4v) is 2.17. The quantitative estimate of drug-likeness (QED) is 0.525. The van der Waals surface area contributed by atoms with Crippen LogP contribution in [-0.2, 0) is 0 Å². The Bertz CT molecular complexity index is 284. The first kappa shape index (κ1) is 8.80. The minimum absolute atomic E-state index is 0.423. The fourth-order valence-electron chi connectivity index (χ4n) is 2.17. The smallest absolute Gasteiger partial charge is 0.00238 e. The summed E-state index contributed by atoms with van der Waals surface area (Å²) in [6, 6.07) is 0. The van der Waals surface area contributed by atoms with Crippen molar-refractivity contribution in [2.24, 2.45) is 17.3 Å². The topological polar surface area (TPSA) is 0 Å². The van der Waals surface area contributed by atoms with Crippen LogP contribution in [0.1, 0.15) is 27.2 Å². The first-order chi connectivity index (χ1) is 6.07. The van der Waals surface area contributed by atoms with E-state index in [2.05, 4.69) is 51.2 Å². The second-order valence-electron chi connectivity index (χ2n) is 5.23. The Morgan fingerprint density at radius 1 is 1.23 bits per heavy atom. The zero-order valence-corrected chi connectivity index (χ0v) is 8.75. The molecule has 0 heterocycles. The molecule has 0 amide bonds. The van der Waals surface area contributed by atoms with E-state index < -0.39 is 0 Å². The molecule has 2 atom stereocenters. The SMILES string of the molecule is CC(C)(C)C1C=C2C=CC=CC2C1. The molecule has 0 N–H and O–H groups in total. The van der Waals surface area contributed by atoms with E-state index in [1.54, 1.807) is 0 Å². The molecule has 0 nitrogen and oxygen atoms in total. The highest BCUT2D eigenvalue weighted by Crippen LogP contribution is 2.42. The van der Waals surface area contributed by atoms with E-state index in [-0.39, 0.29) is 0 Å². The van der Waals surface area contributed by atoms with Gasteiger partial charge in [0.2, 0.25) is 0 Å². The van der Waals surface area contributed by atoms with Gasteiger partial charge in [-0.05, 0) is 23.3 Å². The lowest BCUT2D eigenvalue weighted by molar-refractivity contribution is 0.280. The maximum absolute atomic E-state index is 2.46. The molecule has 0 saturated heterocycles. The second kappa shape index (κ2) is 2.87. The van der Waals surface area contributed by atoms with Gasteiger partial charge < -0.3 is 0 Å². The summed E-state index contributed by atoms with van der Waals surface area (Å²) in [5, 5.41) is 0. The average Bonchev–Trinajstić information content (AvgIpc) is 2.45. The molecule has 0 spiro atoms. The molecule has 2 aliphatic rings. The third-order valence-corrected chi connectivity index (χ3v) is 3.19. The van der Waals surface area contributed by atoms with Crippen LogP contribution in [0.4, 0.5) is 0 Å². The van der Waals surface area contributed by atoms with Crippen molar-refractivity contribution in [3.8, 4) is 0 Å². The minimum atomic E-state index is 0.423. The molecule has 0 radical (unpaired) electrons. The Balaban J connectivity index is 2.21. The molecule has 70 valence electrons. The Hall–Kier alpha value is -0.780. The number of rotatable bonds is 0. The summed E-state index contributed by atoms with van der Waals surface area (Å²) in [6.45, 7) is 7.00. The van der Waals surface area contributed by atoms with Gasteiger partial charge in [0, 0.05) is 5.92 Å². The Morgan fingerprint density at radius 2 is 2.00 bits per heavy atom. The molecule has 13 heavy (non-hydrogen) atoms. The van der Waals surface area contributed by atoms with E-state index in [1.165, 1.54) is 12.0 Å². The van der Waals surface area contributed by atoms with Gasteiger partial charge in [0.25, 0.3) is 0 Å². The van der Waals surface area contributed by atoms with Crippen LogP contribution < -0.4 is 0 Å². The molecule has 0 aliphatic heterocycles. The van der Waals surface area contributed by atoms with Crippen LogP contribution in [0.15, 0.2) is 36.0 Å². The van der Waals surface area contributed by atoms with Crippen molar-refractivity contribution in [3.63, 3.8) is 0 Å². The van der Waals surface area contributed by atoms with Crippen molar-refractivity contribution in [2.75, 3.05) is 0 Å². The molecule has 0 heteroatoms. The summed E-state index contributed by atoms with van der Waals surface area (Å²) in [4.78, 5) is 0.